The summed E-state index contributed by atoms with van der Waals surface area (Å²) in [4.78, 5) is 11.1. The van der Waals surface area contributed by atoms with Crippen LogP contribution in [0.15, 0.2) is 12.1 Å². The van der Waals surface area contributed by atoms with E-state index in [4.69, 9.17) is 4.74 Å². The fourth-order valence-electron chi connectivity index (χ4n) is 1.63. The molecule has 0 radical (unpaired) electrons. The van der Waals surface area contributed by atoms with Crippen molar-refractivity contribution in [3.63, 3.8) is 0 Å². The van der Waals surface area contributed by atoms with Crippen molar-refractivity contribution in [3.05, 3.63) is 28.8 Å². The zero-order valence-corrected chi connectivity index (χ0v) is 11.4. The standard InChI is InChI=1S/C13H19NO2S/c1-9-6-11(4-5-14-13(15)8-17)12(16-3)7-10(9)2/h6-7,17H,4-5,8H2,1-3H3,(H,14,15). The zero-order valence-electron chi connectivity index (χ0n) is 10.5. The Hall–Kier alpha value is -1.16. The molecule has 1 N–H and O–H groups in total. The van der Waals surface area contributed by atoms with Crippen LogP contribution in [-0.2, 0) is 11.2 Å². The molecule has 0 unspecified atom stereocenters. The average Bonchev–Trinajstić information content (AvgIpc) is 2.32. The zero-order chi connectivity index (χ0) is 12.8. The molecular weight excluding hydrogens is 234 g/mol. The molecule has 4 heteroatoms. The molecule has 0 saturated heterocycles. The highest BCUT2D eigenvalue weighted by Gasteiger charge is 2.06. The van der Waals surface area contributed by atoms with Gasteiger partial charge in [0, 0.05) is 6.54 Å². The van der Waals surface area contributed by atoms with E-state index >= 15 is 0 Å². The number of benzene rings is 1. The van der Waals surface area contributed by atoms with Crippen molar-refractivity contribution in [2.45, 2.75) is 20.3 Å². The minimum atomic E-state index is -0.0452. The summed E-state index contributed by atoms with van der Waals surface area (Å²) in [6, 6.07) is 4.14. The number of methoxy groups -OCH3 is 1. The van der Waals surface area contributed by atoms with Crippen LogP contribution in [0.4, 0.5) is 0 Å². The Bertz CT molecular complexity index is 405. The molecule has 0 saturated carbocycles. The minimum Gasteiger partial charge on any atom is -0.496 e. The first-order valence-electron chi connectivity index (χ1n) is 5.60. The number of carbonyl (C=O) groups excluding carboxylic acids is 1. The van der Waals surface area contributed by atoms with E-state index in [0.29, 0.717) is 6.54 Å². The van der Waals surface area contributed by atoms with E-state index in [-0.39, 0.29) is 11.7 Å². The van der Waals surface area contributed by atoms with Crippen LogP contribution in [0.2, 0.25) is 0 Å². The van der Waals surface area contributed by atoms with Gasteiger partial charge in [-0.05, 0) is 43.0 Å². The van der Waals surface area contributed by atoms with Crippen molar-refractivity contribution in [2.24, 2.45) is 0 Å². The maximum atomic E-state index is 11.1. The van der Waals surface area contributed by atoms with Crippen LogP contribution in [0.25, 0.3) is 0 Å². The number of amides is 1. The van der Waals surface area contributed by atoms with Gasteiger partial charge < -0.3 is 10.1 Å². The van der Waals surface area contributed by atoms with Gasteiger partial charge in [-0.15, -0.1) is 0 Å². The first-order valence-corrected chi connectivity index (χ1v) is 6.23. The molecule has 0 aliphatic rings. The Balaban J connectivity index is 2.69. The molecule has 3 nitrogen and oxygen atoms in total. The molecule has 1 aromatic rings. The maximum absolute atomic E-state index is 11.1. The van der Waals surface area contributed by atoms with Crippen LogP contribution >= 0.6 is 12.6 Å². The summed E-state index contributed by atoms with van der Waals surface area (Å²) in [7, 11) is 1.67. The number of rotatable bonds is 5. The van der Waals surface area contributed by atoms with Gasteiger partial charge in [-0.3, -0.25) is 4.79 Å². The molecule has 0 aromatic heterocycles. The van der Waals surface area contributed by atoms with Gasteiger partial charge in [0.25, 0.3) is 0 Å². The molecular formula is C13H19NO2S. The van der Waals surface area contributed by atoms with E-state index in [1.54, 1.807) is 7.11 Å². The topological polar surface area (TPSA) is 38.3 Å². The lowest BCUT2D eigenvalue weighted by atomic mass is 10.0. The van der Waals surface area contributed by atoms with Crippen LogP contribution < -0.4 is 10.1 Å². The van der Waals surface area contributed by atoms with E-state index in [2.05, 4.69) is 37.9 Å². The second-order valence-corrected chi connectivity index (χ2v) is 4.32. The first-order chi connectivity index (χ1) is 8.08. The van der Waals surface area contributed by atoms with Crippen LogP contribution in [0.1, 0.15) is 16.7 Å². The predicted octanol–water partition coefficient (Wildman–Crippen LogP) is 1.90. The van der Waals surface area contributed by atoms with Gasteiger partial charge in [0.2, 0.25) is 5.91 Å². The number of thiol groups is 1. The Morgan fingerprint density at radius 2 is 2.00 bits per heavy atom. The average molecular weight is 253 g/mol. The predicted molar refractivity (Wildman–Crippen MR) is 73.0 cm³/mol. The molecule has 0 fully saturated rings. The van der Waals surface area contributed by atoms with Gasteiger partial charge in [0.1, 0.15) is 5.75 Å². The highest BCUT2D eigenvalue weighted by atomic mass is 32.1. The van der Waals surface area contributed by atoms with Crippen molar-refractivity contribution in [1.82, 2.24) is 5.32 Å². The quantitative estimate of drug-likeness (QED) is 0.787. The Labute approximate surface area is 108 Å². The van der Waals surface area contributed by atoms with E-state index in [1.165, 1.54) is 11.1 Å². The first kappa shape index (κ1) is 13.9. The van der Waals surface area contributed by atoms with Crippen molar-refractivity contribution >= 4 is 18.5 Å². The van der Waals surface area contributed by atoms with E-state index < -0.39 is 0 Å². The molecule has 0 bridgehead atoms. The number of ether oxygens (including phenoxy) is 1. The van der Waals surface area contributed by atoms with Gasteiger partial charge in [-0.25, -0.2) is 0 Å². The summed E-state index contributed by atoms with van der Waals surface area (Å²) < 4.78 is 5.34. The summed E-state index contributed by atoms with van der Waals surface area (Å²) in [6.07, 6.45) is 0.768. The normalized spacial score (nSPS) is 10.1. The van der Waals surface area contributed by atoms with E-state index in [1.807, 2.05) is 6.07 Å². The number of nitrogens with one attached hydrogen (secondary N) is 1. The highest BCUT2D eigenvalue weighted by Crippen LogP contribution is 2.23. The lowest BCUT2D eigenvalue weighted by Gasteiger charge is -2.12. The van der Waals surface area contributed by atoms with Crippen LogP contribution in [-0.4, -0.2) is 25.3 Å². The SMILES string of the molecule is COc1cc(C)c(C)cc1CCNC(=O)CS. The van der Waals surface area contributed by atoms with Crippen molar-refractivity contribution in [1.29, 1.82) is 0 Å². The molecule has 0 aliphatic heterocycles. The number of carbonyl (C=O) groups is 1. The van der Waals surface area contributed by atoms with Crippen molar-refractivity contribution in [3.8, 4) is 5.75 Å². The van der Waals surface area contributed by atoms with E-state index in [0.717, 1.165) is 17.7 Å². The van der Waals surface area contributed by atoms with Gasteiger partial charge in [-0.1, -0.05) is 6.07 Å². The highest BCUT2D eigenvalue weighted by molar-refractivity contribution is 7.81. The van der Waals surface area contributed by atoms with Crippen LogP contribution in [0, 0.1) is 13.8 Å². The lowest BCUT2D eigenvalue weighted by Crippen LogP contribution is -2.26. The Kier molecular flexibility index (Phi) is 5.35. The summed E-state index contributed by atoms with van der Waals surface area (Å²) in [5, 5.41) is 2.80. The smallest absolute Gasteiger partial charge is 0.229 e. The molecule has 94 valence electrons. The largest absolute Gasteiger partial charge is 0.496 e. The molecule has 1 amide bonds. The monoisotopic (exact) mass is 253 g/mol. The fourth-order valence-corrected chi connectivity index (χ4v) is 1.74. The van der Waals surface area contributed by atoms with Crippen molar-refractivity contribution in [2.75, 3.05) is 19.4 Å². The van der Waals surface area contributed by atoms with E-state index in [9.17, 15) is 4.79 Å². The van der Waals surface area contributed by atoms with Gasteiger partial charge in [0.05, 0.1) is 12.9 Å². The minimum absolute atomic E-state index is 0.0452. The third-order valence-corrected chi connectivity index (χ3v) is 3.04. The molecule has 0 heterocycles. The Morgan fingerprint density at radius 1 is 1.35 bits per heavy atom. The second kappa shape index (κ2) is 6.55. The molecule has 0 aliphatic carbocycles. The summed E-state index contributed by atoms with van der Waals surface area (Å²) in [6.45, 7) is 4.74. The lowest BCUT2D eigenvalue weighted by molar-refractivity contribution is -0.118. The van der Waals surface area contributed by atoms with Gasteiger partial charge in [-0.2, -0.15) is 12.6 Å². The van der Waals surface area contributed by atoms with Gasteiger partial charge in [0.15, 0.2) is 0 Å². The molecule has 1 aromatic carbocycles. The van der Waals surface area contributed by atoms with Crippen LogP contribution in [0.3, 0.4) is 0 Å². The number of aryl methyl sites for hydroxylation is 2. The van der Waals surface area contributed by atoms with Crippen LogP contribution in [0.5, 0.6) is 5.75 Å². The number of hydrogen-bond donors (Lipinski definition) is 2. The summed E-state index contributed by atoms with van der Waals surface area (Å²) >= 11 is 3.91. The maximum Gasteiger partial charge on any atom is 0.229 e. The third kappa shape index (κ3) is 3.97. The summed E-state index contributed by atoms with van der Waals surface area (Å²) in [5.41, 5.74) is 3.57. The van der Waals surface area contributed by atoms with Gasteiger partial charge >= 0.3 is 0 Å². The number of hydrogen-bond acceptors (Lipinski definition) is 3. The third-order valence-electron chi connectivity index (χ3n) is 2.76. The second-order valence-electron chi connectivity index (χ2n) is 4.01. The molecule has 17 heavy (non-hydrogen) atoms. The molecule has 0 atom stereocenters. The Morgan fingerprint density at radius 3 is 2.59 bits per heavy atom. The fraction of sp³-hybridized carbons (Fsp3) is 0.462. The summed E-state index contributed by atoms with van der Waals surface area (Å²) in [5.74, 6) is 1.06. The van der Waals surface area contributed by atoms with Crippen molar-refractivity contribution < 1.29 is 9.53 Å². The molecule has 0 spiro atoms. The molecule has 1 rings (SSSR count).